The summed E-state index contributed by atoms with van der Waals surface area (Å²) in [6.07, 6.45) is 1.72. The third-order valence-electron chi connectivity index (χ3n) is 5.54. The third kappa shape index (κ3) is 2.81. The van der Waals surface area contributed by atoms with Crippen LogP contribution in [0.15, 0.2) is 54.6 Å². The summed E-state index contributed by atoms with van der Waals surface area (Å²) in [6.45, 7) is 4.00. The van der Waals surface area contributed by atoms with Gasteiger partial charge < -0.3 is 4.98 Å². The Morgan fingerprint density at radius 2 is 1.76 bits per heavy atom. The second-order valence-electron chi connectivity index (χ2n) is 6.91. The fourth-order valence-electron chi connectivity index (χ4n) is 3.86. The minimum Gasteiger partial charge on any atom is -0.341 e. The molecule has 0 saturated carbocycles. The molecule has 0 aliphatic carbocycles. The zero-order chi connectivity index (χ0) is 17.3. The van der Waals surface area contributed by atoms with Gasteiger partial charge >= 0.3 is 0 Å². The van der Waals surface area contributed by atoms with Gasteiger partial charge in [-0.15, -0.1) is 0 Å². The van der Waals surface area contributed by atoms with E-state index < -0.39 is 0 Å². The number of imidazole rings is 1. The first-order valence-corrected chi connectivity index (χ1v) is 8.87. The smallest absolute Gasteiger partial charge is 0.124 e. The van der Waals surface area contributed by atoms with Crippen LogP contribution in [0, 0.1) is 11.3 Å². The number of para-hydroxylation sites is 2. The second-order valence-corrected chi connectivity index (χ2v) is 6.91. The number of fused-ring (bicyclic) bond motifs is 1. The van der Waals surface area contributed by atoms with Gasteiger partial charge in [0, 0.05) is 13.1 Å². The molecular formula is C21H22N4. The predicted molar refractivity (Wildman–Crippen MR) is 99.0 cm³/mol. The van der Waals surface area contributed by atoms with Gasteiger partial charge in [0.2, 0.25) is 0 Å². The highest BCUT2D eigenvalue weighted by atomic mass is 15.2. The molecule has 25 heavy (non-hydrogen) atoms. The first kappa shape index (κ1) is 15.9. The summed E-state index contributed by atoms with van der Waals surface area (Å²) in [5.41, 5.74) is 2.88. The Bertz CT molecular complexity index is 865. The van der Waals surface area contributed by atoms with Gasteiger partial charge in [0.25, 0.3) is 0 Å². The standard InChI is InChI=1S/C21H22N4/c1-16(20-23-18-9-5-6-10-19(18)24-20)25-13-11-21(15-22,12-14-25)17-7-3-2-4-8-17/h2-10,16H,11-14H2,1H3,(H,23,24). The van der Waals surface area contributed by atoms with Crippen molar-refractivity contribution in [3.8, 4) is 6.07 Å². The fourth-order valence-corrected chi connectivity index (χ4v) is 3.86. The summed E-state index contributed by atoms with van der Waals surface area (Å²) in [7, 11) is 0. The lowest BCUT2D eigenvalue weighted by atomic mass is 9.74. The van der Waals surface area contributed by atoms with E-state index in [2.05, 4.69) is 41.1 Å². The van der Waals surface area contributed by atoms with E-state index in [0.29, 0.717) is 0 Å². The molecule has 4 nitrogen and oxygen atoms in total. The van der Waals surface area contributed by atoms with Crippen LogP contribution in [0.25, 0.3) is 11.0 Å². The number of benzene rings is 2. The van der Waals surface area contributed by atoms with Crippen LogP contribution < -0.4 is 0 Å². The normalized spacial score (nSPS) is 18.7. The fraction of sp³-hybridized carbons (Fsp3) is 0.333. The molecule has 1 aliphatic heterocycles. The molecule has 0 amide bonds. The Kier molecular flexibility index (Phi) is 4.03. The number of rotatable bonds is 3. The van der Waals surface area contributed by atoms with Gasteiger partial charge in [0.05, 0.1) is 28.6 Å². The molecule has 0 spiro atoms. The summed E-state index contributed by atoms with van der Waals surface area (Å²) in [5, 5.41) is 9.85. The number of likely N-dealkylation sites (tertiary alicyclic amines) is 1. The first-order valence-electron chi connectivity index (χ1n) is 8.87. The molecule has 0 radical (unpaired) electrons. The van der Waals surface area contributed by atoms with Crippen LogP contribution in [0.2, 0.25) is 0 Å². The van der Waals surface area contributed by atoms with E-state index in [9.17, 15) is 5.26 Å². The van der Waals surface area contributed by atoms with E-state index in [4.69, 9.17) is 4.98 Å². The van der Waals surface area contributed by atoms with Gasteiger partial charge in [-0.3, -0.25) is 4.90 Å². The van der Waals surface area contributed by atoms with Crippen LogP contribution in [0.4, 0.5) is 0 Å². The highest BCUT2D eigenvalue weighted by molar-refractivity contribution is 5.74. The number of hydrogen-bond acceptors (Lipinski definition) is 3. The summed E-state index contributed by atoms with van der Waals surface area (Å²) < 4.78 is 0. The van der Waals surface area contributed by atoms with Crippen molar-refractivity contribution in [2.75, 3.05) is 13.1 Å². The Morgan fingerprint density at radius 3 is 2.44 bits per heavy atom. The zero-order valence-electron chi connectivity index (χ0n) is 14.4. The summed E-state index contributed by atoms with van der Waals surface area (Å²) in [4.78, 5) is 10.6. The molecule has 1 fully saturated rings. The Hall–Kier alpha value is -2.64. The Labute approximate surface area is 148 Å². The van der Waals surface area contributed by atoms with E-state index in [-0.39, 0.29) is 11.5 Å². The van der Waals surface area contributed by atoms with Crippen molar-refractivity contribution in [1.82, 2.24) is 14.9 Å². The molecule has 1 aliphatic rings. The monoisotopic (exact) mass is 330 g/mol. The van der Waals surface area contributed by atoms with Gasteiger partial charge in [-0.05, 0) is 37.5 Å². The number of nitrogens with zero attached hydrogens (tertiary/aromatic N) is 3. The molecule has 1 aromatic heterocycles. The maximum Gasteiger partial charge on any atom is 0.124 e. The number of nitriles is 1. The van der Waals surface area contributed by atoms with Crippen LogP contribution in [0.5, 0.6) is 0 Å². The number of hydrogen-bond donors (Lipinski definition) is 1. The van der Waals surface area contributed by atoms with Gasteiger partial charge in [-0.2, -0.15) is 5.26 Å². The van der Waals surface area contributed by atoms with Gasteiger partial charge in [-0.25, -0.2) is 4.98 Å². The average molecular weight is 330 g/mol. The minimum atomic E-state index is -0.356. The SMILES string of the molecule is CC(c1nc2ccccc2[nH]1)N1CCC(C#N)(c2ccccc2)CC1. The lowest BCUT2D eigenvalue weighted by Crippen LogP contribution is -2.43. The van der Waals surface area contributed by atoms with E-state index >= 15 is 0 Å². The molecule has 1 saturated heterocycles. The topological polar surface area (TPSA) is 55.7 Å². The van der Waals surface area contributed by atoms with Crippen LogP contribution in [-0.2, 0) is 5.41 Å². The van der Waals surface area contributed by atoms with E-state index in [1.54, 1.807) is 0 Å². The maximum absolute atomic E-state index is 9.85. The zero-order valence-corrected chi connectivity index (χ0v) is 14.4. The van der Waals surface area contributed by atoms with E-state index in [1.165, 1.54) is 0 Å². The van der Waals surface area contributed by atoms with Gasteiger partial charge in [-0.1, -0.05) is 42.5 Å². The number of aromatic nitrogens is 2. The minimum absolute atomic E-state index is 0.222. The second kappa shape index (κ2) is 6.34. The molecule has 2 heterocycles. The number of nitrogens with one attached hydrogen (secondary N) is 1. The van der Waals surface area contributed by atoms with E-state index in [1.807, 2.05) is 36.4 Å². The van der Waals surface area contributed by atoms with Crippen molar-refractivity contribution in [1.29, 1.82) is 5.26 Å². The summed E-state index contributed by atoms with van der Waals surface area (Å²) >= 11 is 0. The van der Waals surface area contributed by atoms with Crippen molar-refractivity contribution < 1.29 is 0 Å². The summed E-state index contributed by atoms with van der Waals surface area (Å²) in [5.74, 6) is 1.00. The molecule has 1 N–H and O–H groups in total. The number of aromatic amines is 1. The van der Waals surface area contributed by atoms with Crippen molar-refractivity contribution in [3.05, 3.63) is 66.0 Å². The predicted octanol–water partition coefficient (Wildman–Crippen LogP) is 4.18. The molecule has 2 aromatic carbocycles. The van der Waals surface area contributed by atoms with Crippen LogP contribution in [0.1, 0.15) is 37.2 Å². The summed E-state index contributed by atoms with van der Waals surface area (Å²) in [6, 6.07) is 21.2. The molecule has 126 valence electrons. The van der Waals surface area contributed by atoms with E-state index in [0.717, 1.165) is 48.4 Å². The van der Waals surface area contributed by atoms with Crippen molar-refractivity contribution in [3.63, 3.8) is 0 Å². The van der Waals surface area contributed by atoms with Crippen molar-refractivity contribution in [2.24, 2.45) is 0 Å². The Balaban J connectivity index is 1.52. The van der Waals surface area contributed by atoms with Gasteiger partial charge in [0.15, 0.2) is 0 Å². The molecule has 0 bridgehead atoms. The molecule has 3 aromatic rings. The number of piperidine rings is 1. The Morgan fingerprint density at radius 1 is 1.08 bits per heavy atom. The lowest BCUT2D eigenvalue weighted by Gasteiger charge is -2.39. The largest absolute Gasteiger partial charge is 0.341 e. The van der Waals surface area contributed by atoms with Crippen LogP contribution in [-0.4, -0.2) is 28.0 Å². The molecule has 1 unspecified atom stereocenters. The molecular weight excluding hydrogens is 308 g/mol. The van der Waals surface area contributed by atoms with Gasteiger partial charge in [0.1, 0.15) is 5.82 Å². The lowest BCUT2D eigenvalue weighted by molar-refractivity contribution is 0.138. The highest BCUT2D eigenvalue weighted by Crippen LogP contribution is 2.37. The third-order valence-corrected chi connectivity index (χ3v) is 5.54. The molecule has 4 rings (SSSR count). The molecule has 4 heteroatoms. The van der Waals surface area contributed by atoms with Crippen LogP contribution >= 0.6 is 0 Å². The average Bonchev–Trinajstić information content (AvgIpc) is 3.12. The molecule has 1 atom stereocenters. The quantitative estimate of drug-likeness (QED) is 0.784. The van der Waals surface area contributed by atoms with Crippen LogP contribution in [0.3, 0.4) is 0 Å². The maximum atomic E-state index is 9.85. The van der Waals surface area contributed by atoms with Crippen molar-refractivity contribution in [2.45, 2.75) is 31.2 Å². The highest BCUT2D eigenvalue weighted by Gasteiger charge is 2.37. The van der Waals surface area contributed by atoms with Crippen molar-refractivity contribution >= 4 is 11.0 Å². The number of H-pyrrole nitrogens is 1. The first-order chi connectivity index (χ1) is 12.2.